The second-order valence-electron chi connectivity index (χ2n) is 6.58. The molecule has 0 fully saturated rings. The third-order valence-electron chi connectivity index (χ3n) is 4.55. The average molecular weight is 423 g/mol. The molecule has 1 heterocycles. The van der Waals surface area contributed by atoms with Crippen LogP contribution in [0.2, 0.25) is 0 Å². The molecule has 0 bridgehead atoms. The second-order valence-corrected chi connectivity index (χ2v) is 6.58. The van der Waals surface area contributed by atoms with Crippen molar-refractivity contribution in [2.75, 3.05) is 25.3 Å². The molecule has 31 heavy (non-hydrogen) atoms. The van der Waals surface area contributed by atoms with Crippen molar-refractivity contribution in [1.82, 2.24) is 4.98 Å². The lowest BCUT2D eigenvalue weighted by Gasteiger charge is -2.25. The first-order chi connectivity index (χ1) is 15.2. The number of para-hydroxylation sites is 1. The molecule has 0 aliphatic heterocycles. The SMILES string of the molecule is CCC(=O)N(Cc1ccccc1OC)c1cccnc1Oc1ccc(OCC[18F])cc1. The van der Waals surface area contributed by atoms with Gasteiger partial charge in [0, 0.05) is 18.2 Å². The van der Waals surface area contributed by atoms with E-state index in [1.165, 1.54) is 0 Å². The average Bonchev–Trinajstić information content (AvgIpc) is 2.82. The number of halogens is 1. The van der Waals surface area contributed by atoms with Gasteiger partial charge < -0.3 is 19.1 Å². The summed E-state index contributed by atoms with van der Waals surface area (Å²) in [4.78, 5) is 18.8. The van der Waals surface area contributed by atoms with E-state index >= 15 is 0 Å². The van der Waals surface area contributed by atoms with Crippen molar-refractivity contribution in [3.05, 3.63) is 72.4 Å². The zero-order valence-electron chi connectivity index (χ0n) is 17.6. The number of aromatic nitrogens is 1. The summed E-state index contributed by atoms with van der Waals surface area (Å²) in [5.74, 6) is 2.00. The summed E-state index contributed by atoms with van der Waals surface area (Å²) >= 11 is 0. The van der Waals surface area contributed by atoms with Gasteiger partial charge in [-0.15, -0.1) is 0 Å². The fourth-order valence-electron chi connectivity index (χ4n) is 3.04. The molecule has 1 amide bonds. The number of benzene rings is 2. The monoisotopic (exact) mass is 423 g/mol. The fourth-order valence-corrected chi connectivity index (χ4v) is 3.04. The summed E-state index contributed by atoms with van der Waals surface area (Å²) < 4.78 is 28.9. The fraction of sp³-hybridized carbons (Fsp3) is 0.250. The van der Waals surface area contributed by atoms with E-state index in [2.05, 4.69) is 4.98 Å². The smallest absolute Gasteiger partial charge is 0.243 e. The van der Waals surface area contributed by atoms with Gasteiger partial charge >= 0.3 is 0 Å². The van der Waals surface area contributed by atoms with E-state index in [-0.39, 0.29) is 12.5 Å². The van der Waals surface area contributed by atoms with Crippen LogP contribution in [0.15, 0.2) is 66.9 Å². The molecule has 0 spiro atoms. The van der Waals surface area contributed by atoms with E-state index in [1.807, 2.05) is 31.2 Å². The number of rotatable bonds is 10. The van der Waals surface area contributed by atoms with E-state index in [0.717, 1.165) is 5.56 Å². The summed E-state index contributed by atoms with van der Waals surface area (Å²) in [6, 6.07) is 17.9. The van der Waals surface area contributed by atoms with Crippen LogP contribution in [0.4, 0.5) is 10.1 Å². The Morgan fingerprint density at radius 3 is 2.48 bits per heavy atom. The number of hydrogen-bond acceptors (Lipinski definition) is 5. The molecule has 3 aromatic rings. The Balaban J connectivity index is 1.88. The Bertz CT molecular complexity index is 995. The van der Waals surface area contributed by atoms with Crippen LogP contribution in [0.5, 0.6) is 23.1 Å². The van der Waals surface area contributed by atoms with E-state index in [0.29, 0.717) is 41.8 Å². The van der Waals surface area contributed by atoms with Gasteiger partial charge in [-0.2, -0.15) is 0 Å². The number of carbonyl (C=O) groups is 1. The molecule has 0 saturated carbocycles. The number of pyridine rings is 1. The predicted molar refractivity (Wildman–Crippen MR) is 117 cm³/mol. The maximum atomic E-state index is 12.8. The summed E-state index contributed by atoms with van der Waals surface area (Å²) in [7, 11) is 1.60. The van der Waals surface area contributed by atoms with Crippen LogP contribution in [0.25, 0.3) is 0 Å². The van der Waals surface area contributed by atoms with Crippen LogP contribution < -0.4 is 19.1 Å². The summed E-state index contributed by atoms with van der Waals surface area (Å²) in [5, 5.41) is 0. The molecule has 1 aromatic heterocycles. The van der Waals surface area contributed by atoms with Gasteiger partial charge in [-0.1, -0.05) is 25.1 Å². The number of hydrogen-bond donors (Lipinski definition) is 0. The first-order valence-electron chi connectivity index (χ1n) is 10.00. The highest BCUT2D eigenvalue weighted by molar-refractivity contribution is 5.94. The third-order valence-corrected chi connectivity index (χ3v) is 4.55. The van der Waals surface area contributed by atoms with E-state index in [9.17, 15) is 9.18 Å². The molecule has 0 atom stereocenters. The van der Waals surface area contributed by atoms with Gasteiger partial charge in [0.25, 0.3) is 0 Å². The quantitative estimate of drug-likeness (QED) is 0.450. The number of carbonyl (C=O) groups excluding carboxylic acids is 1. The zero-order valence-corrected chi connectivity index (χ0v) is 17.6. The zero-order chi connectivity index (χ0) is 22.1. The Hall–Kier alpha value is -3.61. The maximum Gasteiger partial charge on any atom is 0.243 e. The first kappa shape index (κ1) is 22.1. The van der Waals surface area contributed by atoms with Crippen molar-refractivity contribution in [3.63, 3.8) is 0 Å². The summed E-state index contributed by atoms with van der Waals surface area (Å²) in [5.41, 5.74) is 1.42. The predicted octanol–water partition coefficient (Wildman–Crippen LogP) is 5.17. The number of methoxy groups -OCH3 is 1. The largest absolute Gasteiger partial charge is 0.496 e. The van der Waals surface area contributed by atoms with Crippen molar-refractivity contribution in [3.8, 4) is 23.1 Å². The highest BCUT2D eigenvalue weighted by Crippen LogP contribution is 2.33. The Morgan fingerprint density at radius 2 is 1.77 bits per heavy atom. The summed E-state index contributed by atoms with van der Waals surface area (Å²) in [6.07, 6.45) is 1.93. The third kappa shape index (κ3) is 5.72. The molecule has 0 unspecified atom stereocenters. The lowest BCUT2D eigenvalue weighted by molar-refractivity contribution is -0.118. The van der Waals surface area contributed by atoms with Crippen molar-refractivity contribution in [2.24, 2.45) is 0 Å². The number of alkyl halides is 1. The van der Waals surface area contributed by atoms with Crippen molar-refractivity contribution in [2.45, 2.75) is 19.9 Å². The van der Waals surface area contributed by atoms with Crippen LogP contribution >= 0.6 is 0 Å². The van der Waals surface area contributed by atoms with Gasteiger partial charge in [0.15, 0.2) is 0 Å². The van der Waals surface area contributed by atoms with Crippen molar-refractivity contribution in [1.29, 1.82) is 0 Å². The van der Waals surface area contributed by atoms with Gasteiger partial charge in [0.1, 0.15) is 36.2 Å². The van der Waals surface area contributed by atoms with Crippen LogP contribution in [0.3, 0.4) is 0 Å². The van der Waals surface area contributed by atoms with Crippen LogP contribution in [-0.2, 0) is 11.3 Å². The lowest BCUT2D eigenvalue weighted by atomic mass is 10.1. The number of amides is 1. The highest BCUT2D eigenvalue weighted by atomic mass is 18.2. The molecule has 0 radical (unpaired) electrons. The summed E-state index contributed by atoms with van der Waals surface area (Å²) in [6.45, 7) is 1.57. The van der Waals surface area contributed by atoms with E-state index in [4.69, 9.17) is 14.2 Å². The molecule has 0 saturated heterocycles. The minimum atomic E-state index is -0.553. The molecule has 3 rings (SSSR count). The standard InChI is InChI=1S/C24H25FN2O4/c1-3-23(28)27(17-18-7-4-5-9-22(18)29-2)21-8-6-15-26-24(21)31-20-12-10-19(11-13-20)30-16-14-25/h4-13,15H,3,14,16-17H2,1-2H3/i25-1. The molecule has 7 heteroatoms. The molecule has 162 valence electrons. The molecule has 0 aliphatic rings. The van der Waals surface area contributed by atoms with Crippen molar-refractivity contribution >= 4 is 11.6 Å². The number of nitrogens with zero attached hydrogens (tertiary/aromatic N) is 2. The minimum Gasteiger partial charge on any atom is -0.496 e. The molecule has 0 N–H and O–H groups in total. The first-order valence-corrected chi connectivity index (χ1v) is 10.00. The van der Waals surface area contributed by atoms with Gasteiger partial charge in [-0.3, -0.25) is 4.79 Å². The van der Waals surface area contributed by atoms with E-state index < -0.39 is 6.67 Å². The molecule has 2 aromatic carbocycles. The molecule has 6 nitrogen and oxygen atoms in total. The minimum absolute atomic E-state index is 0.00162. The maximum absolute atomic E-state index is 12.8. The van der Waals surface area contributed by atoms with Gasteiger partial charge in [-0.05, 0) is 42.5 Å². The Kier molecular flexibility index (Phi) is 7.81. The lowest BCUT2D eigenvalue weighted by Crippen LogP contribution is -2.30. The molecular formula is C24H25FN2O4. The van der Waals surface area contributed by atoms with Gasteiger partial charge in [0.2, 0.25) is 11.8 Å². The van der Waals surface area contributed by atoms with Crippen molar-refractivity contribution < 1.29 is 23.4 Å². The molecule has 0 aliphatic carbocycles. The van der Waals surface area contributed by atoms with Crippen LogP contribution in [-0.4, -0.2) is 31.3 Å². The van der Waals surface area contributed by atoms with Gasteiger partial charge in [-0.25, -0.2) is 9.37 Å². The van der Waals surface area contributed by atoms with Crippen LogP contribution in [0.1, 0.15) is 18.9 Å². The molecular weight excluding hydrogens is 398 g/mol. The Labute approximate surface area is 181 Å². The van der Waals surface area contributed by atoms with Gasteiger partial charge in [0.05, 0.1) is 13.7 Å². The second kappa shape index (κ2) is 11.0. The van der Waals surface area contributed by atoms with Crippen LogP contribution in [0, 0.1) is 0 Å². The number of anilines is 1. The number of ether oxygens (including phenoxy) is 3. The topological polar surface area (TPSA) is 60.9 Å². The Morgan fingerprint density at radius 1 is 1.03 bits per heavy atom. The highest BCUT2D eigenvalue weighted by Gasteiger charge is 2.21. The normalized spacial score (nSPS) is 10.4. The van der Waals surface area contributed by atoms with E-state index in [1.54, 1.807) is 54.6 Å².